The molecule has 5 nitrogen and oxygen atoms in total. The van der Waals surface area contributed by atoms with Gasteiger partial charge in [-0.05, 0) is 36.8 Å². The number of rotatable bonds is 7. The summed E-state index contributed by atoms with van der Waals surface area (Å²) in [4.78, 5) is 0.125. The quantitative estimate of drug-likeness (QED) is 0.426. The highest BCUT2D eigenvalue weighted by molar-refractivity contribution is 9.10. The van der Waals surface area contributed by atoms with Crippen LogP contribution in [0.15, 0.2) is 88.2 Å². The van der Waals surface area contributed by atoms with Crippen LogP contribution in [0.5, 0.6) is 0 Å². The van der Waals surface area contributed by atoms with Gasteiger partial charge in [0.1, 0.15) is 6.10 Å². The summed E-state index contributed by atoms with van der Waals surface area (Å²) in [6, 6.07) is 24.2. The predicted molar refractivity (Wildman–Crippen MR) is 121 cm³/mol. The molecule has 0 unspecified atom stereocenters. The van der Waals surface area contributed by atoms with Gasteiger partial charge in [-0.15, -0.1) is 0 Å². The Morgan fingerprint density at radius 3 is 2.35 bits per heavy atom. The summed E-state index contributed by atoms with van der Waals surface area (Å²) < 4.78 is 43.8. The van der Waals surface area contributed by atoms with Gasteiger partial charge in [0.25, 0.3) is 10.1 Å². The zero-order chi connectivity index (χ0) is 21.9. The summed E-state index contributed by atoms with van der Waals surface area (Å²) in [6.07, 6.45) is -0.0240. The van der Waals surface area contributed by atoms with Gasteiger partial charge in [0, 0.05) is 16.5 Å². The van der Waals surface area contributed by atoms with Gasteiger partial charge in [0.05, 0.1) is 18.1 Å². The highest BCUT2D eigenvalue weighted by Crippen LogP contribution is 2.38. The number of hydrogen-bond donors (Lipinski definition) is 0. The lowest BCUT2D eigenvalue weighted by Gasteiger charge is -2.29. The zero-order valence-electron chi connectivity index (χ0n) is 17.0. The van der Waals surface area contributed by atoms with E-state index >= 15 is 0 Å². The number of ether oxygens (including phenoxy) is 2. The molecular weight excluding hydrogens is 480 g/mol. The van der Waals surface area contributed by atoms with Crippen LogP contribution in [0.3, 0.4) is 0 Å². The van der Waals surface area contributed by atoms with Crippen molar-refractivity contribution in [3.8, 4) is 0 Å². The van der Waals surface area contributed by atoms with Crippen LogP contribution in [0.4, 0.5) is 0 Å². The summed E-state index contributed by atoms with van der Waals surface area (Å²) in [5, 5.41) is 0. The minimum Gasteiger partial charge on any atom is -0.343 e. The van der Waals surface area contributed by atoms with E-state index < -0.39 is 22.0 Å². The smallest absolute Gasteiger partial charge is 0.297 e. The molecule has 0 radical (unpaired) electrons. The van der Waals surface area contributed by atoms with E-state index in [0.29, 0.717) is 6.42 Å². The fourth-order valence-corrected chi connectivity index (χ4v) is 4.70. The maximum Gasteiger partial charge on any atom is 0.297 e. The van der Waals surface area contributed by atoms with Crippen molar-refractivity contribution in [2.24, 2.45) is 0 Å². The van der Waals surface area contributed by atoms with Gasteiger partial charge in [-0.25, -0.2) is 0 Å². The highest BCUT2D eigenvalue weighted by atomic mass is 79.9. The summed E-state index contributed by atoms with van der Waals surface area (Å²) >= 11 is 3.46. The molecule has 1 saturated heterocycles. The van der Waals surface area contributed by atoms with Crippen LogP contribution in [0, 0.1) is 6.92 Å². The second-order valence-electron chi connectivity index (χ2n) is 7.52. The monoisotopic (exact) mass is 502 g/mol. The summed E-state index contributed by atoms with van der Waals surface area (Å²) in [5.74, 6) is -1.01. The van der Waals surface area contributed by atoms with Gasteiger partial charge in [-0.2, -0.15) is 8.42 Å². The molecule has 1 heterocycles. The molecule has 162 valence electrons. The summed E-state index contributed by atoms with van der Waals surface area (Å²) in [5.41, 5.74) is 2.90. The van der Waals surface area contributed by atoms with Crippen LogP contribution in [-0.2, 0) is 36.0 Å². The van der Waals surface area contributed by atoms with Crippen molar-refractivity contribution >= 4 is 26.0 Å². The minimum atomic E-state index is -3.87. The molecule has 1 aliphatic rings. The normalized spacial score (nSPS) is 21.3. The molecule has 0 N–H and O–H groups in total. The van der Waals surface area contributed by atoms with Crippen LogP contribution >= 0.6 is 15.9 Å². The molecule has 0 bridgehead atoms. The Morgan fingerprint density at radius 2 is 1.68 bits per heavy atom. The van der Waals surface area contributed by atoms with Crippen molar-refractivity contribution < 1.29 is 22.1 Å². The lowest BCUT2D eigenvalue weighted by atomic mass is 9.97. The Labute approximate surface area is 191 Å². The molecule has 1 aliphatic heterocycles. The molecule has 0 spiro atoms. The first-order chi connectivity index (χ1) is 14.9. The van der Waals surface area contributed by atoms with E-state index in [-0.39, 0.29) is 18.1 Å². The minimum absolute atomic E-state index is 0.122. The average molecular weight is 503 g/mol. The fourth-order valence-electron chi connectivity index (χ4n) is 3.50. The number of hydrogen-bond acceptors (Lipinski definition) is 5. The molecule has 0 aromatic heterocycles. The molecule has 4 rings (SSSR count). The molecule has 0 saturated carbocycles. The van der Waals surface area contributed by atoms with Gasteiger partial charge in [0.15, 0.2) is 5.79 Å². The first kappa shape index (κ1) is 22.2. The Bertz CT molecular complexity index is 1110. The molecule has 3 aromatic rings. The molecule has 1 fully saturated rings. The molecule has 31 heavy (non-hydrogen) atoms. The first-order valence-electron chi connectivity index (χ1n) is 9.94. The lowest BCUT2D eigenvalue weighted by molar-refractivity contribution is -0.178. The van der Waals surface area contributed by atoms with Crippen molar-refractivity contribution in [2.45, 2.75) is 30.1 Å². The van der Waals surface area contributed by atoms with Crippen LogP contribution in [0.2, 0.25) is 0 Å². The molecule has 2 atom stereocenters. The van der Waals surface area contributed by atoms with E-state index in [0.717, 1.165) is 21.2 Å². The zero-order valence-corrected chi connectivity index (χ0v) is 19.4. The van der Waals surface area contributed by atoms with E-state index in [4.69, 9.17) is 13.7 Å². The van der Waals surface area contributed by atoms with Crippen molar-refractivity contribution in [1.29, 1.82) is 0 Å². The largest absolute Gasteiger partial charge is 0.343 e. The number of halogens is 1. The van der Waals surface area contributed by atoms with Gasteiger partial charge >= 0.3 is 0 Å². The molecular formula is C24H23BrO5S. The molecule has 7 heteroatoms. The Hall–Kier alpha value is -2.03. The third kappa shape index (κ3) is 5.25. The van der Waals surface area contributed by atoms with Crippen molar-refractivity contribution in [3.63, 3.8) is 0 Å². The van der Waals surface area contributed by atoms with E-state index in [2.05, 4.69) is 15.9 Å². The summed E-state index contributed by atoms with van der Waals surface area (Å²) in [7, 11) is -3.87. The van der Waals surface area contributed by atoms with Crippen LogP contribution in [0.1, 0.15) is 16.7 Å². The molecule has 0 amide bonds. The average Bonchev–Trinajstić information content (AvgIpc) is 3.18. The van der Waals surface area contributed by atoms with E-state index in [1.165, 1.54) is 12.1 Å². The third-order valence-electron chi connectivity index (χ3n) is 5.14. The Balaban J connectivity index is 1.51. The van der Waals surface area contributed by atoms with E-state index in [1.807, 2.05) is 61.5 Å². The second kappa shape index (κ2) is 9.22. The van der Waals surface area contributed by atoms with Crippen LogP contribution in [0.25, 0.3) is 0 Å². The van der Waals surface area contributed by atoms with Gasteiger partial charge in [-0.3, -0.25) is 4.18 Å². The molecule has 0 aliphatic carbocycles. The number of benzene rings is 3. The maximum atomic E-state index is 12.5. The van der Waals surface area contributed by atoms with Gasteiger partial charge < -0.3 is 9.47 Å². The van der Waals surface area contributed by atoms with E-state index in [1.54, 1.807) is 12.1 Å². The van der Waals surface area contributed by atoms with Crippen LogP contribution in [-0.4, -0.2) is 27.7 Å². The highest BCUT2D eigenvalue weighted by Gasteiger charge is 2.44. The first-order valence-corrected chi connectivity index (χ1v) is 12.1. The molecule has 3 aromatic carbocycles. The predicted octanol–water partition coefficient (Wildman–Crippen LogP) is 4.97. The van der Waals surface area contributed by atoms with Crippen molar-refractivity contribution in [1.82, 2.24) is 0 Å². The van der Waals surface area contributed by atoms with E-state index in [9.17, 15) is 8.42 Å². The Morgan fingerprint density at radius 1 is 1.00 bits per heavy atom. The SMILES string of the molecule is Cc1ccc(S(=O)(=O)OC[C@@H]2CO[C@@](Cc3ccccc3)(c3ccc(Br)cc3)O2)cc1. The van der Waals surface area contributed by atoms with Crippen molar-refractivity contribution in [3.05, 3.63) is 100 Å². The standard InChI is InChI=1S/C24H23BrO5S/c1-18-7-13-23(14-8-18)31(26,27)29-17-22-16-28-24(30-22,15-19-5-3-2-4-6-19)20-9-11-21(25)12-10-20/h2-14,22H,15-17H2,1H3/t22-,24+/m0/s1. The van der Waals surface area contributed by atoms with Gasteiger partial charge in [0.2, 0.25) is 0 Å². The Kier molecular flexibility index (Phi) is 6.60. The van der Waals surface area contributed by atoms with Gasteiger partial charge in [-0.1, -0.05) is 76.1 Å². The van der Waals surface area contributed by atoms with Crippen LogP contribution < -0.4 is 0 Å². The summed E-state index contributed by atoms with van der Waals surface area (Å²) in [6.45, 7) is 2.00. The second-order valence-corrected chi connectivity index (χ2v) is 10.1. The topological polar surface area (TPSA) is 61.8 Å². The fraction of sp³-hybridized carbons (Fsp3) is 0.250. The van der Waals surface area contributed by atoms with Crippen molar-refractivity contribution in [2.75, 3.05) is 13.2 Å². The third-order valence-corrected chi connectivity index (χ3v) is 6.97. The number of aryl methyl sites for hydroxylation is 1. The lowest BCUT2D eigenvalue weighted by Crippen LogP contribution is -2.32. The maximum absolute atomic E-state index is 12.5.